The first kappa shape index (κ1) is 16.6. The molecule has 1 heterocycles. The van der Waals surface area contributed by atoms with Crippen LogP contribution in [-0.4, -0.2) is 37.6 Å². The van der Waals surface area contributed by atoms with Crippen molar-refractivity contribution in [2.75, 3.05) is 13.1 Å². The largest absolute Gasteiger partial charge is 0.355 e. The molecule has 0 radical (unpaired) electrons. The Hall–Kier alpha value is -1.41. The fraction of sp³-hybridized carbons (Fsp3) is 0.667. The lowest BCUT2D eigenvalue weighted by Gasteiger charge is -2.09. The summed E-state index contributed by atoms with van der Waals surface area (Å²) in [6.45, 7) is 7.60. The number of hydrogen-bond acceptors (Lipinski definition) is 4. The van der Waals surface area contributed by atoms with Gasteiger partial charge < -0.3 is 5.32 Å². The molecular formula is C12H22N4O3S. The molecule has 0 saturated carbocycles. The van der Waals surface area contributed by atoms with E-state index in [-0.39, 0.29) is 29.8 Å². The molecule has 0 aliphatic rings. The lowest BCUT2D eigenvalue weighted by molar-refractivity contribution is -0.121. The van der Waals surface area contributed by atoms with Gasteiger partial charge >= 0.3 is 0 Å². The highest BCUT2D eigenvalue weighted by Gasteiger charge is 2.21. The number of carbonyl (C=O) groups is 1. The van der Waals surface area contributed by atoms with Crippen LogP contribution in [-0.2, 0) is 14.8 Å². The van der Waals surface area contributed by atoms with Crippen molar-refractivity contribution in [3.63, 3.8) is 0 Å². The number of H-pyrrole nitrogens is 1. The topological polar surface area (TPSA) is 104 Å². The first-order valence-electron chi connectivity index (χ1n) is 6.52. The molecule has 0 aliphatic carbocycles. The molecule has 20 heavy (non-hydrogen) atoms. The third-order valence-corrected chi connectivity index (χ3v) is 4.39. The molecule has 0 unspecified atom stereocenters. The van der Waals surface area contributed by atoms with Gasteiger partial charge in [0.25, 0.3) is 0 Å². The molecule has 1 aromatic rings. The normalized spacial score (nSPS) is 11.8. The number of aryl methyl sites for hydroxylation is 2. The summed E-state index contributed by atoms with van der Waals surface area (Å²) in [5.74, 6) is 0.206. The Bertz CT molecular complexity index is 544. The number of aromatic nitrogens is 2. The summed E-state index contributed by atoms with van der Waals surface area (Å²) in [6, 6.07) is 0. The fourth-order valence-corrected chi connectivity index (χ4v) is 3.24. The van der Waals surface area contributed by atoms with Gasteiger partial charge in [0.05, 0.1) is 11.4 Å². The zero-order valence-corrected chi connectivity index (χ0v) is 13.1. The van der Waals surface area contributed by atoms with Crippen molar-refractivity contribution >= 4 is 15.9 Å². The number of hydrogen-bond donors (Lipinski definition) is 3. The maximum absolute atomic E-state index is 12.1. The highest BCUT2D eigenvalue weighted by molar-refractivity contribution is 7.89. The van der Waals surface area contributed by atoms with Crippen LogP contribution >= 0.6 is 0 Å². The first-order valence-corrected chi connectivity index (χ1v) is 8.00. The summed E-state index contributed by atoms with van der Waals surface area (Å²) in [5.41, 5.74) is 0.928. The predicted molar refractivity (Wildman–Crippen MR) is 75.7 cm³/mol. The Morgan fingerprint density at radius 1 is 1.30 bits per heavy atom. The molecule has 1 aromatic heterocycles. The van der Waals surface area contributed by atoms with E-state index in [4.69, 9.17) is 0 Å². The number of rotatable bonds is 7. The van der Waals surface area contributed by atoms with E-state index in [1.165, 1.54) is 0 Å². The van der Waals surface area contributed by atoms with Crippen LogP contribution in [0, 0.1) is 19.8 Å². The fourth-order valence-electron chi connectivity index (χ4n) is 1.84. The Balaban J connectivity index is 2.48. The van der Waals surface area contributed by atoms with Crippen molar-refractivity contribution in [3.8, 4) is 0 Å². The minimum absolute atomic E-state index is 0.0742. The van der Waals surface area contributed by atoms with Crippen LogP contribution in [0.5, 0.6) is 0 Å². The molecule has 0 fully saturated rings. The van der Waals surface area contributed by atoms with Gasteiger partial charge in [0.15, 0.2) is 0 Å². The molecule has 0 spiro atoms. The molecule has 0 atom stereocenters. The maximum atomic E-state index is 12.1. The first-order chi connectivity index (χ1) is 9.24. The van der Waals surface area contributed by atoms with Crippen LogP contribution in [0.3, 0.4) is 0 Å². The molecule has 0 aromatic carbocycles. The smallest absolute Gasteiger partial charge is 0.244 e. The number of nitrogens with one attached hydrogen (secondary N) is 3. The van der Waals surface area contributed by atoms with Crippen LogP contribution in [0.15, 0.2) is 4.90 Å². The molecule has 7 nitrogen and oxygen atoms in total. The second-order valence-electron chi connectivity index (χ2n) is 5.11. The number of carbonyl (C=O) groups excluding carboxylic acids is 1. The highest BCUT2D eigenvalue weighted by atomic mass is 32.2. The van der Waals surface area contributed by atoms with Crippen molar-refractivity contribution in [1.29, 1.82) is 0 Å². The summed E-state index contributed by atoms with van der Waals surface area (Å²) in [4.78, 5) is 11.6. The average molecular weight is 302 g/mol. The number of nitrogens with zero attached hydrogens (tertiary/aromatic N) is 1. The Labute approximate surface area is 119 Å². The van der Waals surface area contributed by atoms with Gasteiger partial charge in [0.2, 0.25) is 15.9 Å². The van der Waals surface area contributed by atoms with Crippen LogP contribution < -0.4 is 10.0 Å². The summed E-state index contributed by atoms with van der Waals surface area (Å²) in [6.07, 6.45) is 0.437. The predicted octanol–water partition coefficient (Wildman–Crippen LogP) is 0.467. The summed E-state index contributed by atoms with van der Waals surface area (Å²) in [5, 5.41) is 9.16. The second kappa shape index (κ2) is 6.85. The molecule has 3 N–H and O–H groups in total. The van der Waals surface area contributed by atoms with Crippen molar-refractivity contribution in [1.82, 2.24) is 20.2 Å². The third-order valence-electron chi connectivity index (χ3n) is 2.66. The van der Waals surface area contributed by atoms with E-state index in [1.807, 2.05) is 13.8 Å². The standard InChI is InChI=1S/C12H22N4O3S/c1-8(2)7-11(17)13-5-6-14-20(18,19)12-9(3)15-16-10(12)4/h8,14H,5-7H2,1-4H3,(H,13,17)(H,15,16). The van der Waals surface area contributed by atoms with Crippen LogP contribution in [0.2, 0.25) is 0 Å². The van der Waals surface area contributed by atoms with Gasteiger partial charge in [-0.25, -0.2) is 13.1 Å². The van der Waals surface area contributed by atoms with E-state index in [1.54, 1.807) is 13.8 Å². The minimum Gasteiger partial charge on any atom is -0.355 e. The molecule has 0 bridgehead atoms. The summed E-state index contributed by atoms with van der Waals surface area (Å²) in [7, 11) is -3.59. The Morgan fingerprint density at radius 2 is 1.95 bits per heavy atom. The SMILES string of the molecule is Cc1n[nH]c(C)c1S(=O)(=O)NCCNC(=O)CC(C)C. The zero-order chi connectivity index (χ0) is 15.3. The van der Waals surface area contributed by atoms with Gasteiger partial charge in [-0.15, -0.1) is 0 Å². The van der Waals surface area contributed by atoms with Crippen molar-refractivity contribution < 1.29 is 13.2 Å². The van der Waals surface area contributed by atoms with E-state index in [9.17, 15) is 13.2 Å². The molecule has 0 saturated heterocycles. The van der Waals surface area contributed by atoms with Gasteiger partial charge in [0.1, 0.15) is 4.90 Å². The monoisotopic (exact) mass is 302 g/mol. The van der Waals surface area contributed by atoms with E-state index < -0.39 is 10.0 Å². The van der Waals surface area contributed by atoms with Crippen molar-refractivity contribution in [3.05, 3.63) is 11.4 Å². The third kappa shape index (κ3) is 4.61. The molecule has 0 aliphatic heterocycles. The van der Waals surface area contributed by atoms with E-state index in [0.29, 0.717) is 17.8 Å². The van der Waals surface area contributed by atoms with Crippen molar-refractivity contribution in [2.24, 2.45) is 5.92 Å². The Kier molecular flexibility index (Phi) is 5.70. The Morgan fingerprint density at radius 3 is 2.45 bits per heavy atom. The van der Waals surface area contributed by atoms with Crippen molar-refractivity contribution in [2.45, 2.75) is 39.0 Å². The van der Waals surface area contributed by atoms with Gasteiger partial charge in [-0.05, 0) is 19.8 Å². The molecular weight excluding hydrogens is 280 g/mol. The zero-order valence-electron chi connectivity index (χ0n) is 12.3. The van der Waals surface area contributed by atoms with E-state index >= 15 is 0 Å². The summed E-state index contributed by atoms with van der Waals surface area (Å²) >= 11 is 0. The number of amides is 1. The average Bonchev–Trinajstić information content (AvgIpc) is 2.64. The van der Waals surface area contributed by atoms with Crippen LogP contribution in [0.25, 0.3) is 0 Å². The summed E-state index contributed by atoms with van der Waals surface area (Å²) < 4.78 is 26.6. The molecule has 1 rings (SSSR count). The highest BCUT2D eigenvalue weighted by Crippen LogP contribution is 2.15. The lowest BCUT2D eigenvalue weighted by Crippen LogP contribution is -2.35. The lowest BCUT2D eigenvalue weighted by atomic mass is 10.1. The van der Waals surface area contributed by atoms with Crippen LogP contribution in [0.4, 0.5) is 0 Å². The number of sulfonamides is 1. The van der Waals surface area contributed by atoms with Crippen LogP contribution in [0.1, 0.15) is 31.7 Å². The molecule has 8 heteroatoms. The number of aromatic amines is 1. The quantitative estimate of drug-likeness (QED) is 0.637. The molecule has 114 valence electrons. The second-order valence-corrected chi connectivity index (χ2v) is 6.81. The van der Waals surface area contributed by atoms with Gasteiger partial charge in [0, 0.05) is 19.5 Å². The van der Waals surface area contributed by atoms with E-state index in [2.05, 4.69) is 20.2 Å². The molecule has 1 amide bonds. The van der Waals surface area contributed by atoms with Gasteiger partial charge in [-0.1, -0.05) is 13.8 Å². The van der Waals surface area contributed by atoms with Gasteiger partial charge in [-0.3, -0.25) is 9.89 Å². The van der Waals surface area contributed by atoms with Gasteiger partial charge in [-0.2, -0.15) is 5.10 Å². The minimum atomic E-state index is -3.59. The maximum Gasteiger partial charge on any atom is 0.244 e. The van der Waals surface area contributed by atoms with E-state index in [0.717, 1.165) is 0 Å².